The van der Waals surface area contributed by atoms with Crippen molar-refractivity contribution in [3.05, 3.63) is 75.6 Å². The van der Waals surface area contributed by atoms with E-state index in [4.69, 9.17) is 0 Å². The zero-order chi connectivity index (χ0) is 22.0. The highest BCUT2D eigenvalue weighted by atomic mass is 19.1. The molecule has 0 radical (unpaired) electrons. The lowest BCUT2D eigenvalue weighted by Gasteiger charge is -2.32. The smallest absolute Gasteiger partial charge is 0.270 e. The quantitative estimate of drug-likeness (QED) is 0.507. The van der Waals surface area contributed by atoms with Crippen LogP contribution in [0.25, 0.3) is 10.9 Å². The molecule has 9 heteroatoms. The number of hydrogen-bond donors (Lipinski definition) is 1. The minimum absolute atomic E-state index is 0.0270. The lowest BCUT2D eigenvalue weighted by molar-refractivity contribution is -0.384. The van der Waals surface area contributed by atoms with Crippen LogP contribution in [-0.2, 0) is 0 Å². The Morgan fingerprint density at radius 1 is 1.23 bits per heavy atom. The first-order valence-corrected chi connectivity index (χ1v) is 9.76. The summed E-state index contributed by atoms with van der Waals surface area (Å²) in [5, 5.41) is 24.2. The summed E-state index contributed by atoms with van der Waals surface area (Å²) in [5.41, 5.74) is 0.749. The molecule has 1 aromatic heterocycles. The summed E-state index contributed by atoms with van der Waals surface area (Å²) in [6.07, 6.45) is 1.28. The molecule has 1 aliphatic rings. The van der Waals surface area contributed by atoms with Gasteiger partial charge in [0.25, 0.3) is 11.6 Å². The lowest BCUT2D eigenvalue weighted by atomic mass is 10.0. The molecule has 0 bridgehead atoms. The van der Waals surface area contributed by atoms with Crippen LogP contribution in [0.4, 0.5) is 15.9 Å². The van der Waals surface area contributed by atoms with Crippen molar-refractivity contribution in [3.63, 3.8) is 0 Å². The molecule has 4 rings (SSSR count). The number of hydrogen-bond acceptors (Lipinski definition) is 6. The number of non-ortho nitro benzene ring substituents is 1. The van der Waals surface area contributed by atoms with Crippen LogP contribution < -0.4 is 5.32 Å². The summed E-state index contributed by atoms with van der Waals surface area (Å²) >= 11 is 0. The van der Waals surface area contributed by atoms with Gasteiger partial charge in [-0.2, -0.15) is 5.26 Å². The van der Waals surface area contributed by atoms with Gasteiger partial charge in [0.15, 0.2) is 0 Å². The zero-order valence-corrected chi connectivity index (χ0v) is 16.4. The summed E-state index contributed by atoms with van der Waals surface area (Å²) < 4.78 is 13.9. The van der Waals surface area contributed by atoms with Crippen molar-refractivity contribution in [2.75, 3.05) is 18.4 Å². The van der Waals surface area contributed by atoms with Gasteiger partial charge in [0.2, 0.25) is 0 Å². The van der Waals surface area contributed by atoms with Crippen molar-refractivity contribution in [3.8, 4) is 6.07 Å². The highest BCUT2D eigenvalue weighted by Gasteiger charge is 2.25. The SMILES string of the molecule is N#Cc1cc(NC2CCN(C(=O)c3ccccc3F)CC2)nc2ccc([N+](=O)[O-])cc12. The number of amides is 1. The number of pyridine rings is 1. The van der Waals surface area contributed by atoms with Crippen LogP contribution in [0, 0.1) is 27.3 Å². The first kappa shape index (κ1) is 20.2. The molecule has 1 amide bonds. The maximum absolute atomic E-state index is 13.9. The Bertz CT molecular complexity index is 1220. The predicted molar refractivity (Wildman–Crippen MR) is 112 cm³/mol. The van der Waals surface area contributed by atoms with E-state index in [9.17, 15) is 24.6 Å². The van der Waals surface area contributed by atoms with Gasteiger partial charge in [-0.05, 0) is 37.1 Å². The molecule has 0 atom stereocenters. The third-order valence-electron chi connectivity index (χ3n) is 5.36. The number of nitrogens with zero attached hydrogens (tertiary/aromatic N) is 4. The van der Waals surface area contributed by atoms with Crippen LogP contribution in [-0.4, -0.2) is 39.8 Å². The number of likely N-dealkylation sites (tertiary alicyclic amines) is 1. The number of piperidine rings is 1. The Balaban J connectivity index is 1.46. The third kappa shape index (κ3) is 4.14. The maximum Gasteiger partial charge on any atom is 0.270 e. The Morgan fingerprint density at radius 2 is 1.97 bits per heavy atom. The molecule has 2 aromatic carbocycles. The number of anilines is 1. The standard InChI is InChI=1S/C22H18FN5O3/c23-19-4-2-1-3-17(19)22(29)27-9-7-15(8-10-27)25-21-11-14(13-24)18-12-16(28(30)31)5-6-20(18)26-21/h1-6,11-12,15H,7-10H2,(H,25,26). The number of nitriles is 1. The molecule has 1 saturated heterocycles. The fraction of sp³-hybridized carbons (Fsp3) is 0.227. The fourth-order valence-electron chi connectivity index (χ4n) is 3.73. The minimum atomic E-state index is -0.530. The van der Waals surface area contributed by atoms with Gasteiger partial charge in [0.1, 0.15) is 11.6 Å². The second kappa shape index (κ2) is 8.36. The third-order valence-corrected chi connectivity index (χ3v) is 5.36. The van der Waals surface area contributed by atoms with Crippen molar-refractivity contribution in [2.24, 2.45) is 0 Å². The van der Waals surface area contributed by atoms with E-state index in [0.29, 0.717) is 48.2 Å². The van der Waals surface area contributed by atoms with Crippen molar-refractivity contribution in [2.45, 2.75) is 18.9 Å². The van der Waals surface area contributed by atoms with Gasteiger partial charge in [0, 0.05) is 36.7 Å². The number of rotatable bonds is 4. The summed E-state index contributed by atoms with van der Waals surface area (Å²) in [6, 6.07) is 13.8. The summed E-state index contributed by atoms with van der Waals surface area (Å²) in [4.78, 5) is 29.2. The number of carbonyl (C=O) groups is 1. The van der Waals surface area contributed by atoms with E-state index in [1.54, 1.807) is 23.1 Å². The molecule has 31 heavy (non-hydrogen) atoms. The maximum atomic E-state index is 13.9. The van der Waals surface area contributed by atoms with Gasteiger partial charge in [-0.1, -0.05) is 12.1 Å². The fourth-order valence-corrected chi connectivity index (χ4v) is 3.73. The van der Waals surface area contributed by atoms with Crippen molar-refractivity contribution >= 4 is 28.3 Å². The largest absolute Gasteiger partial charge is 0.367 e. The van der Waals surface area contributed by atoms with E-state index in [1.165, 1.54) is 30.3 Å². The van der Waals surface area contributed by atoms with Gasteiger partial charge < -0.3 is 10.2 Å². The van der Waals surface area contributed by atoms with Gasteiger partial charge in [0.05, 0.1) is 27.6 Å². The van der Waals surface area contributed by atoms with E-state index in [2.05, 4.69) is 16.4 Å². The average molecular weight is 419 g/mol. The Labute approximate surface area is 177 Å². The predicted octanol–water partition coefficient (Wildman–Crippen LogP) is 3.87. The van der Waals surface area contributed by atoms with Gasteiger partial charge >= 0.3 is 0 Å². The van der Waals surface area contributed by atoms with Crippen LogP contribution in [0.3, 0.4) is 0 Å². The summed E-state index contributed by atoms with van der Waals surface area (Å²) in [5.74, 6) is -0.358. The number of halogens is 1. The van der Waals surface area contributed by atoms with E-state index in [0.717, 1.165) is 0 Å². The van der Waals surface area contributed by atoms with Gasteiger partial charge in [-0.15, -0.1) is 0 Å². The molecule has 0 aliphatic carbocycles. The Morgan fingerprint density at radius 3 is 2.65 bits per heavy atom. The molecule has 0 spiro atoms. The second-order valence-corrected chi connectivity index (χ2v) is 7.32. The lowest BCUT2D eigenvalue weighted by Crippen LogP contribution is -2.42. The molecule has 156 valence electrons. The molecule has 0 saturated carbocycles. The number of nitrogens with one attached hydrogen (secondary N) is 1. The van der Waals surface area contributed by atoms with Crippen LogP contribution in [0.5, 0.6) is 0 Å². The molecule has 3 aromatic rings. The number of nitro groups is 1. The molecule has 2 heterocycles. The van der Waals surface area contributed by atoms with Gasteiger partial charge in [-0.25, -0.2) is 9.37 Å². The van der Waals surface area contributed by atoms with Crippen molar-refractivity contribution in [1.82, 2.24) is 9.88 Å². The molecule has 1 fully saturated rings. The van der Waals surface area contributed by atoms with Crippen LogP contribution in [0.1, 0.15) is 28.8 Å². The second-order valence-electron chi connectivity index (χ2n) is 7.32. The average Bonchev–Trinajstić information content (AvgIpc) is 2.78. The normalized spacial score (nSPS) is 14.3. The van der Waals surface area contributed by atoms with E-state index >= 15 is 0 Å². The Hall–Kier alpha value is -4.06. The highest BCUT2D eigenvalue weighted by Crippen LogP contribution is 2.26. The zero-order valence-electron chi connectivity index (χ0n) is 16.4. The topological polar surface area (TPSA) is 112 Å². The van der Waals surface area contributed by atoms with Crippen LogP contribution in [0.2, 0.25) is 0 Å². The first-order valence-electron chi connectivity index (χ1n) is 9.76. The molecular weight excluding hydrogens is 401 g/mol. The minimum Gasteiger partial charge on any atom is -0.367 e. The number of aromatic nitrogens is 1. The van der Waals surface area contributed by atoms with E-state index in [-0.39, 0.29) is 23.2 Å². The number of benzene rings is 2. The highest BCUT2D eigenvalue weighted by molar-refractivity contribution is 5.94. The monoisotopic (exact) mass is 419 g/mol. The van der Waals surface area contributed by atoms with Gasteiger partial charge in [-0.3, -0.25) is 14.9 Å². The summed E-state index contributed by atoms with van der Waals surface area (Å²) in [7, 11) is 0. The van der Waals surface area contributed by atoms with Crippen molar-refractivity contribution in [1.29, 1.82) is 5.26 Å². The molecular formula is C22H18FN5O3. The molecule has 0 unspecified atom stereocenters. The number of carbonyl (C=O) groups excluding carboxylic acids is 1. The van der Waals surface area contributed by atoms with Crippen LogP contribution in [0.15, 0.2) is 48.5 Å². The molecule has 1 aliphatic heterocycles. The number of nitro benzene ring substituents is 1. The Kier molecular flexibility index (Phi) is 5.45. The van der Waals surface area contributed by atoms with Crippen LogP contribution >= 0.6 is 0 Å². The van der Waals surface area contributed by atoms with E-state index < -0.39 is 10.7 Å². The van der Waals surface area contributed by atoms with E-state index in [1.807, 2.05) is 0 Å². The summed E-state index contributed by atoms with van der Waals surface area (Å²) in [6.45, 7) is 0.936. The molecule has 1 N–H and O–H groups in total. The van der Waals surface area contributed by atoms with Crippen molar-refractivity contribution < 1.29 is 14.1 Å². The first-order chi connectivity index (χ1) is 15.0. The molecule has 8 nitrogen and oxygen atoms in total. The number of fused-ring (bicyclic) bond motifs is 1.